The highest BCUT2D eigenvalue weighted by Gasteiger charge is 2.40. The fourth-order valence-electron chi connectivity index (χ4n) is 2.82. The van der Waals surface area contributed by atoms with Gasteiger partial charge in [0, 0.05) is 5.56 Å². The first-order valence-corrected chi connectivity index (χ1v) is 7.38. The molecule has 120 valence electrons. The number of methoxy groups -OCH3 is 1. The summed E-state index contributed by atoms with van der Waals surface area (Å²) in [4.78, 5) is 24.0. The van der Waals surface area contributed by atoms with Crippen molar-refractivity contribution >= 4 is 11.9 Å². The van der Waals surface area contributed by atoms with Gasteiger partial charge in [-0.15, -0.1) is 0 Å². The summed E-state index contributed by atoms with van der Waals surface area (Å²) in [5.41, 5.74) is -1.17. The number of carboxylic acids is 1. The van der Waals surface area contributed by atoms with Crippen molar-refractivity contribution in [2.45, 2.75) is 44.1 Å². The second kappa shape index (κ2) is 6.77. The molecule has 5 nitrogen and oxygen atoms in total. The molecular weight excluding hydrogens is 289 g/mol. The van der Waals surface area contributed by atoms with Crippen molar-refractivity contribution < 1.29 is 23.8 Å². The summed E-state index contributed by atoms with van der Waals surface area (Å²) >= 11 is 0. The standard InChI is InChI=1S/C16H20FNO4/c1-22-13-7-6-11(10-12(13)17)14(19)18-16(15(20)21)8-4-2-3-5-9-16/h6-7,10H,2-5,8-9H2,1H3,(H,18,19)(H,20,21). The van der Waals surface area contributed by atoms with E-state index in [9.17, 15) is 19.1 Å². The number of carbonyl (C=O) groups excluding carboxylic acids is 1. The lowest BCUT2D eigenvalue weighted by atomic mass is 9.90. The second-order valence-corrected chi connectivity index (χ2v) is 5.60. The second-order valence-electron chi connectivity index (χ2n) is 5.60. The van der Waals surface area contributed by atoms with Crippen molar-refractivity contribution in [1.29, 1.82) is 0 Å². The van der Waals surface area contributed by atoms with Gasteiger partial charge in [0.2, 0.25) is 0 Å². The molecule has 1 aliphatic rings. The van der Waals surface area contributed by atoms with E-state index in [1.54, 1.807) is 0 Å². The smallest absolute Gasteiger partial charge is 0.329 e. The minimum absolute atomic E-state index is 0.0407. The predicted molar refractivity (Wildman–Crippen MR) is 78.5 cm³/mol. The van der Waals surface area contributed by atoms with E-state index in [2.05, 4.69) is 5.32 Å². The van der Waals surface area contributed by atoms with E-state index in [1.807, 2.05) is 0 Å². The Morgan fingerprint density at radius 1 is 1.23 bits per heavy atom. The molecule has 2 N–H and O–H groups in total. The van der Waals surface area contributed by atoms with Crippen molar-refractivity contribution in [3.05, 3.63) is 29.6 Å². The van der Waals surface area contributed by atoms with Gasteiger partial charge in [-0.2, -0.15) is 0 Å². The third-order valence-electron chi connectivity index (χ3n) is 4.13. The van der Waals surface area contributed by atoms with Crippen molar-refractivity contribution in [1.82, 2.24) is 5.32 Å². The monoisotopic (exact) mass is 309 g/mol. The molecule has 1 amide bonds. The molecule has 1 aromatic carbocycles. The van der Waals surface area contributed by atoms with Gasteiger partial charge in [-0.1, -0.05) is 25.7 Å². The summed E-state index contributed by atoms with van der Waals surface area (Å²) in [6.07, 6.45) is 4.22. The molecule has 1 fully saturated rings. The summed E-state index contributed by atoms with van der Waals surface area (Å²) in [6.45, 7) is 0. The quantitative estimate of drug-likeness (QED) is 0.839. The van der Waals surface area contributed by atoms with Gasteiger partial charge >= 0.3 is 5.97 Å². The summed E-state index contributed by atoms with van der Waals surface area (Å²) < 4.78 is 18.5. The van der Waals surface area contributed by atoms with E-state index in [-0.39, 0.29) is 11.3 Å². The van der Waals surface area contributed by atoms with Gasteiger partial charge < -0.3 is 15.2 Å². The number of hydrogen-bond donors (Lipinski definition) is 2. The van der Waals surface area contributed by atoms with Gasteiger partial charge in [0.05, 0.1) is 7.11 Å². The Morgan fingerprint density at radius 2 is 1.86 bits per heavy atom. The van der Waals surface area contributed by atoms with Crippen LogP contribution in [0, 0.1) is 5.82 Å². The highest BCUT2D eigenvalue weighted by molar-refractivity contribution is 5.98. The van der Waals surface area contributed by atoms with Crippen LogP contribution in [0.15, 0.2) is 18.2 Å². The summed E-state index contributed by atoms with van der Waals surface area (Å²) in [5, 5.41) is 12.1. The summed E-state index contributed by atoms with van der Waals surface area (Å²) in [5.74, 6) is -2.22. The Hall–Kier alpha value is -2.11. The lowest BCUT2D eigenvalue weighted by molar-refractivity contribution is -0.145. The Morgan fingerprint density at radius 3 is 2.36 bits per heavy atom. The number of amides is 1. The van der Waals surface area contributed by atoms with Gasteiger partial charge in [0.25, 0.3) is 5.91 Å². The normalized spacial score (nSPS) is 17.4. The molecule has 0 heterocycles. The number of aliphatic carboxylic acids is 1. The number of benzene rings is 1. The number of rotatable bonds is 4. The molecule has 0 saturated heterocycles. The molecule has 1 aliphatic carbocycles. The molecule has 6 heteroatoms. The fourth-order valence-corrected chi connectivity index (χ4v) is 2.82. The van der Waals surface area contributed by atoms with Gasteiger partial charge in [-0.3, -0.25) is 4.79 Å². The SMILES string of the molecule is COc1ccc(C(=O)NC2(C(=O)O)CCCCCC2)cc1F. The van der Waals surface area contributed by atoms with Crippen LogP contribution >= 0.6 is 0 Å². The van der Waals surface area contributed by atoms with Crippen LogP contribution in [0.25, 0.3) is 0 Å². The Labute approximate surface area is 128 Å². The van der Waals surface area contributed by atoms with Crippen LogP contribution in [0.5, 0.6) is 5.75 Å². The largest absolute Gasteiger partial charge is 0.494 e. The van der Waals surface area contributed by atoms with Crippen LogP contribution in [-0.2, 0) is 4.79 Å². The number of carboxylic acid groups (broad SMARTS) is 1. The van der Waals surface area contributed by atoms with Gasteiger partial charge in [-0.25, -0.2) is 9.18 Å². The van der Waals surface area contributed by atoms with E-state index < -0.39 is 23.2 Å². The molecule has 0 unspecified atom stereocenters. The van der Waals surface area contributed by atoms with Crippen molar-refractivity contribution in [3.63, 3.8) is 0 Å². The van der Waals surface area contributed by atoms with E-state index in [1.165, 1.54) is 19.2 Å². The average Bonchev–Trinajstić information content (AvgIpc) is 2.73. The van der Waals surface area contributed by atoms with Crippen LogP contribution < -0.4 is 10.1 Å². The number of carbonyl (C=O) groups is 2. The van der Waals surface area contributed by atoms with E-state index in [0.29, 0.717) is 12.8 Å². The maximum absolute atomic E-state index is 13.7. The van der Waals surface area contributed by atoms with Crippen LogP contribution in [0.2, 0.25) is 0 Å². The zero-order valence-corrected chi connectivity index (χ0v) is 12.5. The van der Waals surface area contributed by atoms with Crippen molar-refractivity contribution in [3.8, 4) is 5.75 Å². The molecule has 0 atom stereocenters. The van der Waals surface area contributed by atoms with Gasteiger partial charge in [-0.05, 0) is 31.0 Å². The predicted octanol–water partition coefficient (Wildman–Crippen LogP) is 2.74. The number of ether oxygens (including phenoxy) is 1. The lowest BCUT2D eigenvalue weighted by Crippen LogP contribution is -2.54. The lowest BCUT2D eigenvalue weighted by Gasteiger charge is -2.29. The maximum atomic E-state index is 13.7. The molecule has 2 rings (SSSR count). The zero-order chi connectivity index (χ0) is 16.2. The third kappa shape index (κ3) is 3.37. The average molecular weight is 309 g/mol. The van der Waals surface area contributed by atoms with Crippen molar-refractivity contribution in [2.75, 3.05) is 7.11 Å². The van der Waals surface area contributed by atoms with E-state index >= 15 is 0 Å². The minimum Gasteiger partial charge on any atom is -0.494 e. The molecule has 0 spiro atoms. The third-order valence-corrected chi connectivity index (χ3v) is 4.13. The molecule has 0 bridgehead atoms. The molecule has 0 aromatic heterocycles. The first kappa shape index (κ1) is 16.3. The number of nitrogens with one attached hydrogen (secondary N) is 1. The molecular formula is C16H20FNO4. The molecule has 0 aliphatic heterocycles. The zero-order valence-electron chi connectivity index (χ0n) is 12.5. The highest BCUT2D eigenvalue weighted by atomic mass is 19.1. The number of halogens is 1. The molecule has 1 aromatic rings. The topological polar surface area (TPSA) is 75.6 Å². The van der Waals surface area contributed by atoms with Gasteiger partial charge in [0.1, 0.15) is 5.54 Å². The minimum atomic E-state index is -1.26. The Bertz CT molecular complexity index is 565. The fraction of sp³-hybridized carbons (Fsp3) is 0.500. The highest BCUT2D eigenvalue weighted by Crippen LogP contribution is 2.28. The Balaban J connectivity index is 2.21. The molecule has 0 radical (unpaired) electrons. The van der Waals surface area contributed by atoms with Crippen molar-refractivity contribution in [2.24, 2.45) is 0 Å². The van der Waals surface area contributed by atoms with Gasteiger partial charge in [0.15, 0.2) is 11.6 Å². The molecule has 22 heavy (non-hydrogen) atoms. The molecule has 1 saturated carbocycles. The first-order valence-electron chi connectivity index (χ1n) is 7.38. The Kier molecular flexibility index (Phi) is 5.00. The van der Waals surface area contributed by atoms with Crippen LogP contribution in [0.3, 0.4) is 0 Å². The summed E-state index contributed by atoms with van der Waals surface area (Å²) in [7, 11) is 1.34. The van der Waals surface area contributed by atoms with Crippen LogP contribution in [-0.4, -0.2) is 29.6 Å². The first-order chi connectivity index (χ1) is 10.5. The van der Waals surface area contributed by atoms with Crippen LogP contribution in [0.4, 0.5) is 4.39 Å². The summed E-state index contributed by atoms with van der Waals surface area (Å²) in [6, 6.07) is 3.83. The van der Waals surface area contributed by atoms with E-state index in [0.717, 1.165) is 31.7 Å². The maximum Gasteiger partial charge on any atom is 0.329 e. The van der Waals surface area contributed by atoms with Crippen LogP contribution in [0.1, 0.15) is 48.9 Å². The van der Waals surface area contributed by atoms with E-state index in [4.69, 9.17) is 4.74 Å². The number of hydrogen-bond acceptors (Lipinski definition) is 3.